The molecule has 0 saturated carbocycles. The van der Waals surface area contributed by atoms with Crippen LogP contribution in [0, 0.1) is 0 Å². The van der Waals surface area contributed by atoms with Gasteiger partial charge in [0.25, 0.3) is 5.91 Å². The van der Waals surface area contributed by atoms with Crippen molar-refractivity contribution in [2.45, 2.75) is 12.7 Å². The van der Waals surface area contributed by atoms with Crippen LogP contribution in [0.3, 0.4) is 0 Å². The molecule has 0 saturated heterocycles. The van der Waals surface area contributed by atoms with Crippen molar-refractivity contribution in [2.75, 3.05) is 14.2 Å². The smallest absolute Gasteiger partial charge is 0.471 e. The van der Waals surface area contributed by atoms with Crippen molar-refractivity contribution in [1.29, 1.82) is 0 Å². The van der Waals surface area contributed by atoms with E-state index in [1.54, 1.807) is 14.2 Å². The molecule has 0 bridgehead atoms. The van der Waals surface area contributed by atoms with Gasteiger partial charge in [-0.1, -0.05) is 29.4 Å². The summed E-state index contributed by atoms with van der Waals surface area (Å²) in [6, 6.07) is 13.3. The molecule has 0 unspecified atom stereocenters. The Labute approximate surface area is 158 Å². The molecule has 1 aromatic heterocycles. The van der Waals surface area contributed by atoms with Crippen LogP contribution in [-0.4, -0.2) is 35.1 Å². The van der Waals surface area contributed by atoms with Crippen molar-refractivity contribution in [3.63, 3.8) is 0 Å². The van der Waals surface area contributed by atoms with Crippen LogP contribution in [0.5, 0.6) is 5.75 Å². The average Bonchev–Trinajstić information content (AvgIpc) is 3.18. The lowest BCUT2D eigenvalue weighted by molar-refractivity contribution is -0.159. The number of alkyl halides is 3. The molecular weight excluding hydrogens is 375 g/mol. The highest BCUT2D eigenvalue weighted by Gasteiger charge is 2.38. The second-order valence-electron chi connectivity index (χ2n) is 6.01. The summed E-state index contributed by atoms with van der Waals surface area (Å²) in [5.74, 6) is -1.16. The molecule has 1 heterocycles. The van der Waals surface area contributed by atoms with Crippen molar-refractivity contribution < 1.29 is 27.2 Å². The van der Waals surface area contributed by atoms with Crippen LogP contribution >= 0.6 is 0 Å². The van der Waals surface area contributed by atoms with E-state index in [1.165, 1.54) is 29.2 Å². The Kier molecular flexibility index (Phi) is 5.34. The highest BCUT2D eigenvalue weighted by molar-refractivity contribution is 5.94. The van der Waals surface area contributed by atoms with E-state index in [4.69, 9.17) is 4.74 Å². The number of hydrogen-bond acceptors (Lipinski definition) is 5. The van der Waals surface area contributed by atoms with Crippen LogP contribution in [0.1, 0.15) is 21.8 Å². The van der Waals surface area contributed by atoms with E-state index >= 15 is 0 Å². The van der Waals surface area contributed by atoms with Crippen LogP contribution in [-0.2, 0) is 12.7 Å². The van der Waals surface area contributed by atoms with Gasteiger partial charge in [0, 0.05) is 24.7 Å². The van der Waals surface area contributed by atoms with Gasteiger partial charge in [0.1, 0.15) is 5.75 Å². The van der Waals surface area contributed by atoms with Gasteiger partial charge >= 0.3 is 12.1 Å². The van der Waals surface area contributed by atoms with Gasteiger partial charge in [0.2, 0.25) is 5.82 Å². The monoisotopic (exact) mass is 391 g/mol. The number of carbonyl (C=O) groups excluding carboxylic acids is 1. The first-order chi connectivity index (χ1) is 13.3. The minimum Gasteiger partial charge on any atom is -0.497 e. The predicted molar refractivity (Wildman–Crippen MR) is 93.5 cm³/mol. The molecule has 0 spiro atoms. The molecule has 6 nitrogen and oxygen atoms in total. The van der Waals surface area contributed by atoms with Gasteiger partial charge in [-0.05, 0) is 29.8 Å². The normalized spacial score (nSPS) is 11.3. The minimum absolute atomic E-state index is 0.198. The molecule has 28 heavy (non-hydrogen) atoms. The zero-order valence-electron chi connectivity index (χ0n) is 15.0. The summed E-state index contributed by atoms with van der Waals surface area (Å²) in [6.07, 6.45) is -4.70. The van der Waals surface area contributed by atoms with E-state index in [0.29, 0.717) is 23.4 Å². The van der Waals surface area contributed by atoms with Crippen LogP contribution in [0.2, 0.25) is 0 Å². The van der Waals surface area contributed by atoms with Gasteiger partial charge in [-0.15, -0.1) is 0 Å². The minimum atomic E-state index is -4.70. The Balaban J connectivity index is 1.71. The first kappa shape index (κ1) is 19.4. The summed E-state index contributed by atoms with van der Waals surface area (Å²) in [5, 5.41) is 3.32. The summed E-state index contributed by atoms with van der Waals surface area (Å²) in [6.45, 7) is 0.373. The molecule has 146 valence electrons. The number of halogens is 3. The van der Waals surface area contributed by atoms with Crippen molar-refractivity contribution in [2.24, 2.45) is 0 Å². The third-order valence-corrected chi connectivity index (χ3v) is 3.96. The first-order valence-electron chi connectivity index (χ1n) is 8.17. The summed E-state index contributed by atoms with van der Waals surface area (Å²) in [5.41, 5.74) is 1.60. The summed E-state index contributed by atoms with van der Waals surface area (Å²) < 4.78 is 47.0. The van der Waals surface area contributed by atoms with E-state index in [-0.39, 0.29) is 11.7 Å². The Morgan fingerprint density at radius 3 is 2.50 bits per heavy atom. The number of nitrogens with zero attached hydrogens (tertiary/aromatic N) is 3. The van der Waals surface area contributed by atoms with Crippen molar-refractivity contribution in [3.05, 3.63) is 65.5 Å². The Morgan fingerprint density at radius 1 is 1.18 bits per heavy atom. The van der Waals surface area contributed by atoms with Crippen molar-refractivity contribution in [1.82, 2.24) is 15.0 Å². The molecule has 0 aliphatic heterocycles. The predicted octanol–water partition coefficient (Wildman–Crippen LogP) is 4.04. The van der Waals surface area contributed by atoms with Crippen LogP contribution in [0.15, 0.2) is 53.1 Å². The van der Waals surface area contributed by atoms with Gasteiger partial charge in [-0.2, -0.15) is 18.2 Å². The summed E-state index contributed by atoms with van der Waals surface area (Å²) >= 11 is 0. The van der Waals surface area contributed by atoms with Gasteiger partial charge < -0.3 is 14.2 Å². The van der Waals surface area contributed by atoms with E-state index < -0.39 is 12.1 Å². The number of rotatable bonds is 5. The number of methoxy groups -OCH3 is 1. The molecule has 0 atom stereocenters. The van der Waals surface area contributed by atoms with E-state index in [0.717, 1.165) is 5.56 Å². The number of aromatic nitrogens is 2. The molecule has 0 radical (unpaired) electrons. The molecule has 3 rings (SSSR count). The van der Waals surface area contributed by atoms with Gasteiger partial charge in [0.15, 0.2) is 0 Å². The van der Waals surface area contributed by atoms with E-state index in [9.17, 15) is 18.0 Å². The lowest BCUT2D eigenvalue weighted by Crippen LogP contribution is -2.26. The molecule has 0 fully saturated rings. The van der Waals surface area contributed by atoms with E-state index in [1.807, 2.05) is 24.3 Å². The second-order valence-corrected chi connectivity index (χ2v) is 6.01. The highest BCUT2D eigenvalue weighted by atomic mass is 19.4. The summed E-state index contributed by atoms with van der Waals surface area (Å²) in [7, 11) is 3.22. The van der Waals surface area contributed by atoms with Crippen LogP contribution < -0.4 is 4.74 Å². The fraction of sp³-hybridized carbons (Fsp3) is 0.211. The molecule has 3 aromatic rings. The molecule has 1 amide bonds. The lowest BCUT2D eigenvalue weighted by Gasteiger charge is -2.18. The molecular formula is C19H16F3N3O3. The van der Waals surface area contributed by atoms with Crippen LogP contribution in [0.4, 0.5) is 13.2 Å². The number of benzene rings is 2. The zero-order valence-corrected chi connectivity index (χ0v) is 15.0. The van der Waals surface area contributed by atoms with Gasteiger partial charge in [-0.3, -0.25) is 4.79 Å². The maximum atomic E-state index is 12.6. The van der Waals surface area contributed by atoms with Crippen molar-refractivity contribution >= 4 is 5.91 Å². The maximum Gasteiger partial charge on any atom is 0.471 e. The third-order valence-electron chi connectivity index (χ3n) is 3.96. The zero-order chi connectivity index (χ0) is 20.3. The topological polar surface area (TPSA) is 68.5 Å². The molecule has 0 aliphatic carbocycles. The van der Waals surface area contributed by atoms with Gasteiger partial charge in [0.05, 0.1) is 7.11 Å². The molecule has 2 aromatic carbocycles. The highest BCUT2D eigenvalue weighted by Crippen LogP contribution is 2.29. The van der Waals surface area contributed by atoms with Crippen molar-refractivity contribution in [3.8, 4) is 17.1 Å². The number of amides is 1. The van der Waals surface area contributed by atoms with E-state index in [2.05, 4.69) is 14.7 Å². The molecule has 0 aliphatic rings. The quantitative estimate of drug-likeness (QED) is 0.657. The fourth-order valence-electron chi connectivity index (χ4n) is 2.55. The fourth-order valence-corrected chi connectivity index (χ4v) is 2.55. The molecule has 9 heteroatoms. The Morgan fingerprint density at radius 2 is 1.89 bits per heavy atom. The average molecular weight is 391 g/mol. The number of ether oxygens (including phenoxy) is 1. The first-order valence-corrected chi connectivity index (χ1v) is 8.17. The lowest BCUT2D eigenvalue weighted by atomic mass is 10.1. The number of hydrogen-bond donors (Lipinski definition) is 0. The largest absolute Gasteiger partial charge is 0.497 e. The standard InChI is InChI=1S/C19H16F3N3O3/c1-25(11-12-4-3-5-15(10-12)27-2)17(26)14-8-6-13(7-9-14)16-23-18(28-24-16)19(20,21)22/h3-10H,11H2,1-2H3. The Bertz CT molecular complexity index is 968. The SMILES string of the molecule is COc1cccc(CN(C)C(=O)c2ccc(-c3noc(C(F)(F)F)n3)cc2)c1. The van der Waals surface area contributed by atoms with Crippen LogP contribution in [0.25, 0.3) is 11.4 Å². The van der Waals surface area contributed by atoms with Gasteiger partial charge in [-0.25, -0.2) is 0 Å². The maximum absolute atomic E-state index is 12.6. The second kappa shape index (κ2) is 7.71. The summed E-state index contributed by atoms with van der Waals surface area (Å²) in [4.78, 5) is 17.4. The third kappa shape index (κ3) is 4.30. The number of carbonyl (C=O) groups is 1. The Hall–Kier alpha value is -3.36. The molecule has 0 N–H and O–H groups in total.